The second-order valence-corrected chi connectivity index (χ2v) is 8.36. The van der Waals surface area contributed by atoms with Gasteiger partial charge in [-0.05, 0) is 67.3 Å². The van der Waals surface area contributed by atoms with Crippen LogP contribution in [-0.2, 0) is 16.8 Å². The van der Waals surface area contributed by atoms with Gasteiger partial charge in [0, 0.05) is 35.0 Å². The minimum absolute atomic E-state index is 0.0251. The second-order valence-electron chi connectivity index (χ2n) is 7.41. The zero-order chi connectivity index (χ0) is 18.9. The molecular formula is C22H24N2O2S. The third-order valence-electron chi connectivity index (χ3n) is 5.72. The smallest absolute Gasteiger partial charge is 0.246 e. The lowest BCUT2D eigenvalue weighted by atomic mass is 9.74. The Bertz CT molecular complexity index is 891. The fourth-order valence-corrected chi connectivity index (χ4v) is 4.83. The van der Waals surface area contributed by atoms with Gasteiger partial charge in [-0.15, -0.1) is 11.3 Å². The Balaban J connectivity index is 1.45. The van der Waals surface area contributed by atoms with Crippen LogP contribution >= 0.6 is 11.3 Å². The summed E-state index contributed by atoms with van der Waals surface area (Å²) in [5.74, 6) is 1.08. The minimum Gasteiger partial charge on any atom is -0.492 e. The fraction of sp³-hybridized carbons (Fsp3) is 0.364. The number of benzene rings is 1. The molecule has 1 fully saturated rings. The molecule has 0 aliphatic carbocycles. The number of hydrogen-bond acceptors (Lipinski definition) is 4. The number of carbonyl (C=O) groups excluding carboxylic acids is 1. The van der Waals surface area contributed by atoms with E-state index in [1.807, 2.05) is 17.0 Å². The monoisotopic (exact) mass is 380 g/mol. The number of rotatable bonds is 4. The Kier molecular flexibility index (Phi) is 4.87. The van der Waals surface area contributed by atoms with Crippen LogP contribution in [0.3, 0.4) is 0 Å². The predicted octanol–water partition coefficient (Wildman–Crippen LogP) is 4.22. The lowest BCUT2D eigenvalue weighted by Gasteiger charge is -2.38. The van der Waals surface area contributed by atoms with E-state index in [9.17, 15) is 4.79 Å². The first-order valence-corrected chi connectivity index (χ1v) is 10.2. The summed E-state index contributed by atoms with van der Waals surface area (Å²) in [6.45, 7) is 8.52. The maximum atomic E-state index is 12.6. The number of carbonyl (C=O) groups is 1. The van der Waals surface area contributed by atoms with Crippen LogP contribution in [0, 0.1) is 6.92 Å². The zero-order valence-corrected chi connectivity index (χ0v) is 16.4. The molecular weight excluding hydrogens is 356 g/mol. The molecule has 0 N–H and O–H groups in total. The molecule has 0 saturated carbocycles. The highest BCUT2D eigenvalue weighted by Gasteiger charge is 2.43. The van der Waals surface area contributed by atoms with Crippen molar-refractivity contribution in [3.63, 3.8) is 0 Å². The summed E-state index contributed by atoms with van der Waals surface area (Å²) in [6.07, 6.45) is 5.52. The van der Waals surface area contributed by atoms with Crippen molar-refractivity contribution < 1.29 is 9.53 Å². The Labute approximate surface area is 164 Å². The molecule has 1 amide bonds. The molecule has 4 rings (SSSR count). The lowest BCUT2D eigenvalue weighted by Crippen LogP contribution is -2.45. The summed E-state index contributed by atoms with van der Waals surface area (Å²) < 4.78 is 5.97. The second kappa shape index (κ2) is 7.31. The molecule has 2 aromatic rings. The van der Waals surface area contributed by atoms with Crippen LogP contribution < -0.4 is 4.74 Å². The predicted molar refractivity (Wildman–Crippen MR) is 111 cm³/mol. The van der Waals surface area contributed by atoms with Gasteiger partial charge in [-0.1, -0.05) is 6.07 Å². The number of aliphatic imine (C=N–C) groups is 1. The third-order valence-corrected chi connectivity index (χ3v) is 6.71. The van der Waals surface area contributed by atoms with Crippen LogP contribution in [-0.4, -0.2) is 37.2 Å². The van der Waals surface area contributed by atoms with Crippen molar-refractivity contribution in [2.24, 2.45) is 4.99 Å². The topological polar surface area (TPSA) is 41.9 Å². The first-order valence-electron chi connectivity index (χ1n) is 9.31. The Morgan fingerprint density at radius 1 is 1.37 bits per heavy atom. The number of hydrogen-bond donors (Lipinski definition) is 0. The van der Waals surface area contributed by atoms with Crippen molar-refractivity contribution >= 4 is 30.0 Å². The average molecular weight is 381 g/mol. The van der Waals surface area contributed by atoms with Gasteiger partial charge in [0.2, 0.25) is 5.91 Å². The number of nitrogens with zero attached hydrogens (tertiary/aromatic N) is 2. The number of thiophene rings is 1. The lowest BCUT2D eigenvalue weighted by molar-refractivity contribution is -0.127. The van der Waals surface area contributed by atoms with Gasteiger partial charge < -0.3 is 9.64 Å². The van der Waals surface area contributed by atoms with E-state index in [-0.39, 0.29) is 11.3 Å². The summed E-state index contributed by atoms with van der Waals surface area (Å²) in [7, 11) is 0. The quantitative estimate of drug-likeness (QED) is 0.589. The molecule has 4 nitrogen and oxygen atoms in total. The summed E-state index contributed by atoms with van der Waals surface area (Å²) >= 11 is 1.66. The highest BCUT2D eigenvalue weighted by atomic mass is 32.1. The number of ether oxygens (including phenoxy) is 1. The number of piperidine rings is 1. The van der Waals surface area contributed by atoms with Gasteiger partial charge in [0.05, 0.1) is 13.2 Å². The molecule has 1 aromatic carbocycles. The van der Waals surface area contributed by atoms with Crippen LogP contribution in [0.15, 0.2) is 40.7 Å². The SMILES string of the molecule is C=NCc1ccc2c(c1)C1(CCN(C(=O)/C=C/c3sccc3C)CC1)CO2. The van der Waals surface area contributed by atoms with Gasteiger partial charge in [-0.3, -0.25) is 9.79 Å². The van der Waals surface area contributed by atoms with Gasteiger partial charge >= 0.3 is 0 Å². The van der Waals surface area contributed by atoms with E-state index in [4.69, 9.17) is 4.74 Å². The summed E-state index contributed by atoms with van der Waals surface area (Å²) in [6, 6.07) is 8.40. The number of aryl methyl sites for hydroxylation is 1. The van der Waals surface area contributed by atoms with E-state index in [1.54, 1.807) is 17.4 Å². The largest absolute Gasteiger partial charge is 0.492 e. The summed E-state index contributed by atoms with van der Waals surface area (Å²) in [4.78, 5) is 19.7. The maximum absolute atomic E-state index is 12.6. The van der Waals surface area contributed by atoms with Crippen molar-refractivity contribution in [3.05, 3.63) is 57.3 Å². The van der Waals surface area contributed by atoms with Crippen molar-refractivity contribution in [1.82, 2.24) is 4.90 Å². The van der Waals surface area contributed by atoms with Gasteiger partial charge in [0.25, 0.3) is 0 Å². The molecule has 140 valence electrons. The molecule has 5 heteroatoms. The van der Waals surface area contributed by atoms with E-state index in [0.717, 1.165) is 36.6 Å². The molecule has 0 atom stereocenters. The first-order chi connectivity index (χ1) is 13.1. The normalized spacial score (nSPS) is 17.9. The molecule has 27 heavy (non-hydrogen) atoms. The van der Waals surface area contributed by atoms with E-state index in [2.05, 4.69) is 42.2 Å². The number of likely N-dealkylation sites (tertiary alicyclic amines) is 1. The highest BCUT2D eigenvalue weighted by Crippen LogP contribution is 2.45. The molecule has 3 heterocycles. The van der Waals surface area contributed by atoms with Gasteiger partial charge in [-0.25, -0.2) is 0 Å². The Morgan fingerprint density at radius 3 is 2.89 bits per heavy atom. The van der Waals surface area contributed by atoms with Crippen LogP contribution in [0.4, 0.5) is 0 Å². The molecule has 1 spiro atoms. The van der Waals surface area contributed by atoms with Crippen molar-refractivity contribution in [1.29, 1.82) is 0 Å². The Hall–Kier alpha value is -2.40. The van der Waals surface area contributed by atoms with Crippen LogP contribution in [0.1, 0.15) is 34.4 Å². The van der Waals surface area contributed by atoms with Crippen LogP contribution in [0.25, 0.3) is 6.08 Å². The van der Waals surface area contributed by atoms with Crippen molar-refractivity contribution in [2.75, 3.05) is 19.7 Å². The third kappa shape index (κ3) is 3.44. The molecule has 0 bridgehead atoms. The van der Waals surface area contributed by atoms with Gasteiger partial charge in [0.1, 0.15) is 5.75 Å². The average Bonchev–Trinajstić information content (AvgIpc) is 3.25. The zero-order valence-electron chi connectivity index (χ0n) is 15.6. The Morgan fingerprint density at radius 2 is 2.19 bits per heavy atom. The molecule has 2 aliphatic rings. The number of fused-ring (bicyclic) bond motifs is 2. The fourth-order valence-electron chi connectivity index (χ4n) is 4.01. The van der Waals surface area contributed by atoms with Crippen LogP contribution in [0.2, 0.25) is 0 Å². The van der Waals surface area contributed by atoms with E-state index in [1.165, 1.54) is 16.7 Å². The summed E-state index contributed by atoms with van der Waals surface area (Å²) in [5.41, 5.74) is 3.69. The maximum Gasteiger partial charge on any atom is 0.246 e. The molecule has 0 radical (unpaired) electrons. The van der Waals surface area contributed by atoms with Crippen molar-refractivity contribution in [2.45, 2.75) is 31.7 Å². The molecule has 0 unspecified atom stereocenters. The molecule has 2 aliphatic heterocycles. The number of amides is 1. The minimum atomic E-state index is 0.0251. The van der Waals surface area contributed by atoms with Gasteiger partial charge in [0.15, 0.2) is 0 Å². The highest BCUT2D eigenvalue weighted by molar-refractivity contribution is 7.11. The van der Waals surface area contributed by atoms with E-state index in [0.29, 0.717) is 13.2 Å². The van der Waals surface area contributed by atoms with Crippen molar-refractivity contribution in [3.8, 4) is 5.75 Å². The van der Waals surface area contributed by atoms with E-state index < -0.39 is 0 Å². The first kappa shape index (κ1) is 18.0. The molecule has 1 aromatic heterocycles. The standard InChI is InChI=1S/C22H24N2O2S/c1-16-7-12-27-20(16)5-6-21(25)24-10-8-22(9-11-24)15-26-19-4-3-17(14-23-2)13-18(19)22/h3-7,12-13H,2,8-11,14-15H2,1H3/b6-5+. The van der Waals surface area contributed by atoms with E-state index >= 15 is 0 Å². The summed E-state index contributed by atoms with van der Waals surface area (Å²) in [5, 5.41) is 2.05. The van der Waals surface area contributed by atoms with Crippen LogP contribution in [0.5, 0.6) is 5.75 Å². The van der Waals surface area contributed by atoms with Gasteiger partial charge in [-0.2, -0.15) is 0 Å². The molecule has 1 saturated heterocycles.